The molecular weight excluding hydrogens is 246 g/mol. The molecule has 1 N–H and O–H groups in total. The quantitative estimate of drug-likeness (QED) is 0.783. The maximum Gasteiger partial charge on any atom is 0.0750 e. The van der Waals surface area contributed by atoms with Crippen LogP contribution in [0.5, 0.6) is 0 Å². The Labute approximate surface area is 118 Å². The van der Waals surface area contributed by atoms with E-state index in [2.05, 4.69) is 52.9 Å². The zero-order valence-corrected chi connectivity index (χ0v) is 11.4. The fourth-order valence-corrected chi connectivity index (χ4v) is 2.45. The molecule has 0 radical (unpaired) electrons. The zero-order valence-electron chi connectivity index (χ0n) is 11.4. The van der Waals surface area contributed by atoms with Gasteiger partial charge in [0.1, 0.15) is 0 Å². The molecule has 3 rings (SSSR count). The Bertz CT molecular complexity index is 659. The lowest BCUT2D eigenvalue weighted by atomic mass is 10.0. The Balaban J connectivity index is 2.04. The molecule has 1 unspecified atom stereocenters. The number of para-hydroxylation sites is 1. The van der Waals surface area contributed by atoms with Crippen LogP contribution in [0.2, 0.25) is 0 Å². The molecule has 0 fully saturated rings. The normalized spacial score (nSPS) is 12.2. The van der Waals surface area contributed by atoms with E-state index in [4.69, 9.17) is 0 Å². The third-order valence-electron chi connectivity index (χ3n) is 3.39. The van der Waals surface area contributed by atoms with Gasteiger partial charge in [0.15, 0.2) is 0 Å². The maximum atomic E-state index is 4.46. The lowest BCUT2D eigenvalue weighted by Crippen LogP contribution is -2.21. The van der Waals surface area contributed by atoms with E-state index < -0.39 is 0 Å². The highest BCUT2D eigenvalue weighted by Gasteiger charge is 2.16. The minimum atomic E-state index is 0.124. The van der Waals surface area contributed by atoms with E-state index in [-0.39, 0.29) is 6.04 Å². The van der Waals surface area contributed by atoms with E-state index in [1.54, 1.807) is 0 Å². The molecule has 1 heterocycles. The summed E-state index contributed by atoms with van der Waals surface area (Å²) in [6, 6.07) is 22.8. The lowest BCUT2D eigenvalue weighted by molar-refractivity contribution is 0.637. The molecule has 0 saturated heterocycles. The number of aromatic nitrogens is 2. The first-order valence-corrected chi connectivity index (χ1v) is 6.71. The van der Waals surface area contributed by atoms with Crippen LogP contribution in [0, 0.1) is 0 Å². The summed E-state index contributed by atoms with van der Waals surface area (Å²) >= 11 is 0. The number of nitrogens with zero attached hydrogens (tertiary/aromatic N) is 2. The Morgan fingerprint density at radius 2 is 1.55 bits per heavy atom. The SMILES string of the molecule is CNC(c1ccccc1)c1ccnn1-c1ccccc1. The minimum absolute atomic E-state index is 0.124. The second-order valence-electron chi connectivity index (χ2n) is 4.64. The van der Waals surface area contributed by atoms with Crippen molar-refractivity contribution in [2.45, 2.75) is 6.04 Å². The summed E-state index contributed by atoms with van der Waals surface area (Å²) in [7, 11) is 1.97. The van der Waals surface area contributed by atoms with Crippen molar-refractivity contribution in [3.63, 3.8) is 0 Å². The molecule has 20 heavy (non-hydrogen) atoms. The van der Waals surface area contributed by atoms with Gasteiger partial charge in [0.2, 0.25) is 0 Å². The summed E-state index contributed by atoms with van der Waals surface area (Å²) in [5.41, 5.74) is 3.43. The van der Waals surface area contributed by atoms with Crippen LogP contribution in [0.15, 0.2) is 72.9 Å². The number of hydrogen-bond donors (Lipinski definition) is 1. The zero-order chi connectivity index (χ0) is 13.8. The topological polar surface area (TPSA) is 29.9 Å². The van der Waals surface area contributed by atoms with E-state index in [1.807, 2.05) is 42.2 Å². The Morgan fingerprint density at radius 1 is 0.900 bits per heavy atom. The molecule has 3 nitrogen and oxygen atoms in total. The molecule has 3 heteroatoms. The Hall–Kier alpha value is -2.39. The average Bonchev–Trinajstić information content (AvgIpc) is 2.99. The molecule has 3 aromatic rings. The van der Waals surface area contributed by atoms with E-state index in [9.17, 15) is 0 Å². The average molecular weight is 263 g/mol. The molecule has 0 amide bonds. The first-order valence-electron chi connectivity index (χ1n) is 6.71. The molecule has 100 valence electrons. The minimum Gasteiger partial charge on any atom is -0.308 e. The monoisotopic (exact) mass is 263 g/mol. The number of nitrogens with one attached hydrogen (secondary N) is 1. The second-order valence-corrected chi connectivity index (χ2v) is 4.64. The van der Waals surface area contributed by atoms with Crippen LogP contribution in [-0.4, -0.2) is 16.8 Å². The summed E-state index contributed by atoms with van der Waals surface area (Å²) in [6.07, 6.45) is 1.84. The molecule has 1 aromatic heterocycles. The predicted octanol–water partition coefficient (Wildman–Crippen LogP) is 3.18. The molecule has 0 spiro atoms. The Morgan fingerprint density at radius 3 is 2.20 bits per heavy atom. The molecule has 0 bridgehead atoms. The van der Waals surface area contributed by atoms with Crippen molar-refractivity contribution in [2.24, 2.45) is 0 Å². The highest BCUT2D eigenvalue weighted by molar-refractivity contribution is 5.36. The van der Waals surface area contributed by atoms with Crippen molar-refractivity contribution in [3.05, 3.63) is 84.2 Å². The standard InChI is InChI=1S/C17H17N3/c1-18-17(14-8-4-2-5-9-14)16-12-13-19-20(16)15-10-6-3-7-11-15/h2-13,17-18H,1H3. The first-order chi connectivity index (χ1) is 9.90. The Kier molecular flexibility index (Phi) is 3.61. The van der Waals surface area contributed by atoms with Crippen molar-refractivity contribution in [1.29, 1.82) is 0 Å². The van der Waals surface area contributed by atoms with Gasteiger partial charge in [0.05, 0.1) is 17.4 Å². The summed E-state index contributed by atoms with van der Waals surface area (Å²) < 4.78 is 1.98. The van der Waals surface area contributed by atoms with Crippen molar-refractivity contribution >= 4 is 0 Å². The van der Waals surface area contributed by atoms with Crippen LogP contribution in [0.3, 0.4) is 0 Å². The van der Waals surface area contributed by atoms with Gasteiger partial charge in [0, 0.05) is 6.20 Å². The van der Waals surface area contributed by atoms with Crippen LogP contribution < -0.4 is 5.32 Å². The highest BCUT2D eigenvalue weighted by atomic mass is 15.3. The smallest absolute Gasteiger partial charge is 0.0750 e. The van der Waals surface area contributed by atoms with Crippen molar-refractivity contribution in [1.82, 2.24) is 15.1 Å². The van der Waals surface area contributed by atoms with Crippen molar-refractivity contribution in [3.8, 4) is 5.69 Å². The van der Waals surface area contributed by atoms with E-state index in [0.29, 0.717) is 0 Å². The number of benzene rings is 2. The molecule has 0 aliphatic carbocycles. The fraction of sp³-hybridized carbons (Fsp3) is 0.118. The summed E-state index contributed by atoms with van der Waals surface area (Å²) in [6.45, 7) is 0. The van der Waals surface area contributed by atoms with Crippen molar-refractivity contribution < 1.29 is 0 Å². The van der Waals surface area contributed by atoms with E-state index in [0.717, 1.165) is 11.4 Å². The molecule has 0 aliphatic heterocycles. The summed E-state index contributed by atoms with van der Waals surface area (Å²) in [4.78, 5) is 0. The fourth-order valence-electron chi connectivity index (χ4n) is 2.45. The van der Waals surface area contributed by atoms with Gasteiger partial charge in [-0.05, 0) is 30.8 Å². The molecule has 0 saturated carbocycles. The largest absolute Gasteiger partial charge is 0.308 e. The molecular formula is C17H17N3. The van der Waals surface area contributed by atoms with Gasteiger partial charge in [-0.15, -0.1) is 0 Å². The summed E-state index contributed by atoms with van der Waals surface area (Å²) in [5, 5.41) is 7.83. The predicted molar refractivity (Wildman–Crippen MR) is 80.9 cm³/mol. The van der Waals surface area contributed by atoms with Crippen molar-refractivity contribution in [2.75, 3.05) is 7.05 Å². The van der Waals surface area contributed by atoms with Gasteiger partial charge in [-0.1, -0.05) is 48.5 Å². The van der Waals surface area contributed by atoms with Crippen LogP contribution in [-0.2, 0) is 0 Å². The lowest BCUT2D eigenvalue weighted by Gasteiger charge is -2.18. The van der Waals surface area contributed by atoms with Crippen LogP contribution in [0.1, 0.15) is 17.3 Å². The first kappa shape index (κ1) is 12.6. The van der Waals surface area contributed by atoms with Gasteiger partial charge in [0.25, 0.3) is 0 Å². The van der Waals surface area contributed by atoms with Gasteiger partial charge in [-0.3, -0.25) is 0 Å². The van der Waals surface area contributed by atoms with Gasteiger partial charge < -0.3 is 5.32 Å². The second kappa shape index (κ2) is 5.72. The number of rotatable bonds is 4. The molecule has 2 aromatic carbocycles. The van der Waals surface area contributed by atoms with Crippen LogP contribution in [0.25, 0.3) is 5.69 Å². The molecule has 1 atom stereocenters. The maximum absolute atomic E-state index is 4.46. The summed E-state index contributed by atoms with van der Waals surface area (Å²) in [5.74, 6) is 0. The van der Waals surface area contributed by atoms with Crippen LogP contribution >= 0.6 is 0 Å². The van der Waals surface area contributed by atoms with Crippen LogP contribution in [0.4, 0.5) is 0 Å². The third-order valence-corrected chi connectivity index (χ3v) is 3.39. The van der Waals surface area contributed by atoms with Gasteiger partial charge in [-0.2, -0.15) is 5.10 Å². The molecule has 0 aliphatic rings. The number of hydrogen-bond acceptors (Lipinski definition) is 2. The third kappa shape index (κ3) is 2.36. The van der Waals surface area contributed by atoms with Gasteiger partial charge >= 0.3 is 0 Å². The van der Waals surface area contributed by atoms with E-state index in [1.165, 1.54) is 5.56 Å². The highest BCUT2D eigenvalue weighted by Crippen LogP contribution is 2.23. The van der Waals surface area contributed by atoms with E-state index >= 15 is 0 Å². The van der Waals surface area contributed by atoms with Gasteiger partial charge in [-0.25, -0.2) is 4.68 Å².